The van der Waals surface area contributed by atoms with E-state index in [1.165, 1.54) is 22.9 Å². The van der Waals surface area contributed by atoms with Crippen LogP contribution in [0.5, 0.6) is 0 Å². The van der Waals surface area contributed by atoms with Crippen LogP contribution in [0.4, 0.5) is 14.6 Å². The number of aromatic amines is 1. The van der Waals surface area contributed by atoms with E-state index in [0.29, 0.717) is 33.8 Å². The Labute approximate surface area is 187 Å². The molecule has 33 heavy (non-hydrogen) atoms. The first kappa shape index (κ1) is 20.5. The number of fused-ring (bicyclic) bond motifs is 1. The molecule has 0 saturated carbocycles. The fourth-order valence-electron chi connectivity index (χ4n) is 3.65. The summed E-state index contributed by atoms with van der Waals surface area (Å²) in [6.45, 7) is 1.64. The van der Waals surface area contributed by atoms with Gasteiger partial charge in [-0.3, -0.25) is 19.6 Å². The van der Waals surface area contributed by atoms with Crippen molar-refractivity contribution >= 4 is 22.6 Å². The largest absolute Gasteiger partial charge is 0.307 e. The van der Waals surface area contributed by atoms with Gasteiger partial charge in [-0.1, -0.05) is 0 Å². The Balaban J connectivity index is 1.53. The van der Waals surface area contributed by atoms with Crippen molar-refractivity contribution in [1.82, 2.24) is 25.0 Å². The lowest BCUT2D eigenvalue weighted by atomic mass is 10.00. The van der Waals surface area contributed by atoms with Crippen molar-refractivity contribution in [1.29, 1.82) is 0 Å². The zero-order chi connectivity index (χ0) is 23.1. The molecular formula is C24H18F2N6O. The van der Waals surface area contributed by atoms with Crippen molar-refractivity contribution < 1.29 is 13.6 Å². The lowest BCUT2D eigenvalue weighted by Gasteiger charge is -2.11. The van der Waals surface area contributed by atoms with Crippen molar-refractivity contribution in [3.8, 4) is 22.5 Å². The van der Waals surface area contributed by atoms with Crippen LogP contribution in [-0.2, 0) is 7.05 Å². The van der Waals surface area contributed by atoms with Gasteiger partial charge in [-0.15, -0.1) is 0 Å². The Bertz CT molecular complexity index is 1500. The fraction of sp³-hybridized carbons (Fsp3) is 0.0833. The van der Waals surface area contributed by atoms with Gasteiger partial charge >= 0.3 is 0 Å². The lowest BCUT2D eigenvalue weighted by molar-refractivity contribution is 0.102. The minimum Gasteiger partial charge on any atom is -0.307 e. The van der Waals surface area contributed by atoms with E-state index in [1.54, 1.807) is 56.7 Å². The van der Waals surface area contributed by atoms with Crippen molar-refractivity contribution in [3.05, 3.63) is 83.7 Å². The molecule has 3 heterocycles. The normalized spacial score (nSPS) is 11.2. The second kappa shape index (κ2) is 7.94. The van der Waals surface area contributed by atoms with Crippen LogP contribution in [0, 0.1) is 18.6 Å². The highest BCUT2D eigenvalue weighted by Gasteiger charge is 2.17. The molecular weight excluding hydrogens is 426 g/mol. The monoisotopic (exact) mass is 444 g/mol. The number of benzene rings is 2. The number of aromatic nitrogens is 5. The van der Waals surface area contributed by atoms with E-state index < -0.39 is 11.7 Å². The number of nitrogens with zero attached hydrogens (tertiary/aromatic N) is 4. The zero-order valence-corrected chi connectivity index (χ0v) is 17.7. The number of anilines is 1. The van der Waals surface area contributed by atoms with Crippen molar-refractivity contribution in [2.24, 2.45) is 7.05 Å². The maximum absolute atomic E-state index is 14.7. The molecule has 9 heteroatoms. The number of hydrogen-bond acceptors (Lipinski definition) is 4. The van der Waals surface area contributed by atoms with E-state index in [4.69, 9.17) is 0 Å². The number of hydrogen-bond donors (Lipinski definition) is 2. The van der Waals surface area contributed by atoms with Crippen LogP contribution in [0.25, 0.3) is 33.4 Å². The summed E-state index contributed by atoms with van der Waals surface area (Å²) in [7, 11) is 1.69. The number of rotatable bonds is 4. The molecule has 0 atom stereocenters. The molecule has 0 unspecified atom stereocenters. The number of halogens is 2. The van der Waals surface area contributed by atoms with Crippen LogP contribution in [0.15, 0.2) is 60.9 Å². The van der Waals surface area contributed by atoms with Crippen molar-refractivity contribution in [3.63, 3.8) is 0 Å². The predicted octanol–water partition coefficient (Wildman–Crippen LogP) is 4.86. The van der Waals surface area contributed by atoms with Gasteiger partial charge in [-0.25, -0.2) is 8.78 Å². The number of carbonyl (C=O) groups excluding carboxylic acids is 1. The smallest absolute Gasteiger partial charge is 0.256 e. The summed E-state index contributed by atoms with van der Waals surface area (Å²) in [6.07, 6.45) is 3.19. The first-order valence-electron chi connectivity index (χ1n) is 10.1. The quantitative estimate of drug-likeness (QED) is 0.414. The zero-order valence-electron chi connectivity index (χ0n) is 17.7. The predicted molar refractivity (Wildman–Crippen MR) is 121 cm³/mol. The molecule has 164 valence electrons. The molecule has 3 aromatic heterocycles. The second-order valence-corrected chi connectivity index (χ2v) is 7.62. The fourth-order valence-corrected chi connectivity index (χ4v) is 3.65. The van der Waals surface area contributed by atoms with Gasteiger partial charge < -0.3 is 5.32 Å². The summed E-state index contributed by atoms with van der Waals surface area (Å²) in [5, 5.41) is 14.8. The topological polar surface area (TPSA) is 88.5 Å². The summed E-state index contributed by atoms with van der Waals surface area (Å²) in [5.74, 6) is -0.808. The Morgan fingerprint density at radius 3 is 2.61 bits per heavy atom. The van der Waals surface area contributed by atoms with Gasteiger partial charge in [0.1, 0.15) is 23.1 Å². The molecule has 0 radical (unpaired) electrons. The molecule has 7 nitrogen and oxygen atoms in total. The molecule has 5 aromatic rings. The highest BCUT2D eigenvalue weighted by molar-refractivity contribution is 6.05. The molecule has 0 spiro atoms. The first-order valence-corrected chi connectivity index (χ1v) is 10.1. The summed E-state index contributed by atoms with van der Waals surface area (Å²) in [4.78, 5) is 17.2. The Morgan fingerprint density at radius 2 is 1.88 bits per heavy atom. The first-order chi connectivity index (χ1) is 15.9. The van der Waals surface area contributed by atoms with Gasteiger partial charge in [0.05, 0.1) is 17.4 Å². The Morgan fingerprint density at radius 1 is 1.09 bits per heavy atom. The number of amides is 1. The molecule has 0 fully saturated rings. The lowest BCUT2D eigenvalue weighted by Crippen LogP contribution is -2.15. The Kier molecular flexibility index (Phi) is 4.93. The molecule has 0 aliphatic rings. The number of aryl methyl sites for hydroxylation is 1. The van der Waals surface area contributed by atoms with Gasteiger partial charge in [0.25, 0.3) is 5.91 Å². The van der Waals surface area contributed by atoms with Crippen LogP contribution >= 0.6 is 0 Å². The second-order valence-electron chi connectivity index (χ2n) is 7.62. The number of nitrogens with one attached hydrogen (secondary N) is 2. The van der Waals surface area contributed by atoms with Gasteiger partial charge in [0.15, 0.2) is 0 Å². The third kappa shape index (κ3) is 3.73. The summed E-state index contributed by atoms with van der Waals surface area (Å²) in [6, 6.07) is 12.2. The van der Waals surface area contributed by atoms with E-state index in [2.05, 4.69) is 25.6 Å². The summed E-state index contributed by atoms with van der Waals surface area (Å²) < 4.78 is 29.5. The van der Waals surface area contributed by atoms with Crippen molar-refractivity contribution in [2.45, 2.75) is 6.92 Å². The van der Waals surface area contributed by atoms with E-state index in [1.807, 2.05) is 0 Å². The highest BCUT2D eigenvalue weighted by Crippen LogP contribution is 2.31. The Hall–Kier alpha value is -4.40. The highest BCUT2D eigenvalue weighted by atomic mass is 19.1. The van der Waals surface area contributed by atoms with Crippen LogP contribution in [0.1, 0.15) is 15.9 Å². The summed E-state index contributed by atoms with van der Waals surface area (Å²) in [5.41, 5.74) is 3.58. The van der Waals surface area contributed by atoms with Crippen LogP contribution in [-0.4, -0.2) is 30.9 Å². The average molecular weight is 444 g/mol. The van der Waals surface area contributed by atoms with E-state index >= 15 is 0 Å². The van der Waals surface area contributed by atoms with E-state index in [9.17, 15) is 13.6 Å². The van der Waals surface area contributed by atoms with E-state index in [0.717, 1.165) is 10.9 Å². The number of H-pyrrole nitrogens is 1. The molecule has 5 rings (SSSR count). The van der Waals surface area contributed by atoms with Gasteiger partial charge in [-0.2, -0.15) is 10.2 Å². The van der Waals surface area contributed by atoms with Crippen LogP contribution in [0.3, 0.4) is 0 Å². The van der Waals surface area contributed by atoms with Crippen LogP contribution in [0.2, 0.25) is 0 Å². The molecule has 2 aromatic carbocycles. The number of carbonyl (C=O) groups is 1. The van der Waals surface area contributed by atoms with Gasteiger partial charge in [-0.05, 0) is 55.0 Å². The molecule has 0 bridgehead atoms. The third-order valence-electron chi connectivity index (χ3n) is 5.51. The SMILES string of the molecule is Cc1c(F)cc(C(=O)Nc2ccnn2C)cc1-c1cc2[nH]nc(-c3ccc(F)cc3)c2cn1. The van der Waals surface area contributed by atoms with Crippen molar-refractivity contribution in [2.75, 3.05) is 5.32 Å². The molecule has 0 aliphatic carbocycles. The minimum atomic E-state index is -0.513. The third-order valence-corrected chi connectivity index (χ3v) is 5.51. The number of pyridine rings is 1. The van der Waals surface area contributed by atoms with E-state index in [-0.39, 0.29) is 11.4 Å². The maximum atomic E-state index is 14.7. The minimum absolute atomic E-state index is 0.160. The molecule has 1 amide bonds. The summed E-state index contributed by atoms with van der Waals surface area (Å²) >= 11 is 0. The van der Waals surface area contributed by atoms with Gasteiger partial charge in [0, 0.05) is 41.4 Å². The van der Waals surface area contributed by atoms with Crippen LogP contribution < -0.4 is 5.32 Å². The maximum Gasteiger partial charge on any atom is 0.256 e. The standard InChI is InChI=1S/C24H18F2N6O/c1-13-17(9-15(10-19(13)26)24(33)29-22-7-8-28-32(22)2)20-11-21-18(12-27-20)23(31-30-21)14-3-5-16(25)6-4-14/h3-12H,1-2H3,(H,29,33)(H,30,31). The molecule has 2 N–H and O–H groups in total. The average Bonchev–Trinajstić information content (AvgIpc) is 3.41. The molecule has 0 aliphatic heterocycles. The molecule has 0 saturated heterocycles. The van der Waals surface area contributed by atoms with Gasteiger partial charge in [0.2, 0.25) is 0 Å².